The van der Waals surface area contributed by atoms with Gasteiger partial charge in [-0.15, -0.1) is 0 Å². The van der Waals surface area contributed by atoms with E-state index in [1.165, 1.54) is 11.1 Å². The number of methoxy groups -OCH3 is 1. The maximum Gasteiger partial charge on any atom is 0.132 e. The first kappa shape index (κ1) is 13.0. The van der Waals surface area contributed by atoms with Crippen molar-refractivity contribution in [1.82, 2.24) is 0 Å². The Bertz CT molecular complexity index is 458. The van der Waals surface area contributed by atoms with Crippen molar-refractivity contribution in [3.05, 3.63) is 41.7 Å². The third-order valence-electron chi connectivity index (χ3n) is 3.57. The first-order valence-corrected chi connectivity index (χ1v) is 6.46. The molecule has 98 valence electrons. The Morgan fingerprint density at radius 2 is 2.00 bits per heavy atom. The van der Waals surface area contributed by atoms with E-state index in [2.05, 4.69) is 52.0 Å². The van der Waals surface area contributed by atoms with Gasteiger partial charge in [-0.1, -0.05) is 39.8 Å². The Morgan fingerprint density at radius 3 is 2.50 bits per heavy atom. The lowest BCUT2D eigenvalue weighted by Gasteiger charge is -2.26. The van der Waals surface area contributed by atoms with E-state index in [0.29, 0.717) is 5.92 Å². The van der Waals surface area contributed by atoms with Crippen molar-refractivity contribution in [2.75, 3.05) is 7.11 Å². The van der Waals surface area contributed by atoms with E-state index >= 15 is 0 Å². The van der Waals surface area contributed by atoms with Gasteiger partial charge in [0.05, 0.1) is 13.4 Å². The number of benzene rings is 1. The van der Waals surface area contributed by atoms with E-state index in [1.807, 2.05) is 0 Å². The van der Waals surface area contributed by atoms with Crippen LogP contribution in [0.15, 0.2) is 30.5 Å². The molecule has 0 saturated carbocycles. The van der Waals surface area contributed by atoms with Gasteiger partial charge >= 0.3 is 0 Å². The Kier molecular flexibility index (Phi) is 3.38. The molecule has 2 rings (SSSR count). The summed E-state index contributed by atoms with van der Waals surface area (Å²) in [7, 11) is 1.73. The first-order chi connectivity index (χ1) is 8.45. The fourth-order valence-corrected chi connectivity index (χ4v) is 2.43. The summed E-state index contributed by atoms with van der Waals surface area (Å²) in [6.07, 6.45) is 3.99. The van der Waals surface area contributed by atoms with E-state index in [0.717, 1.165) is 5.75 Å². The normalized spacial score (nSPS) is 21.1. The van der Waals surface area contributed by atoms with Crippen LogP contribution in [0.2, 0.25) is 0 Å². The van der Waals surface area contributed by atoms with E-state index in [4.69, 9.17) is 9.47 Å². The predicted octanol–water partition coefficient (Wildman–Crippen LogP) is 4.43. The maximum atomic E-state index is 5.72. The van der Waals surface area contributed by atoms with Gasteiger partial charge in [-0.2, -0.15) is 0 Å². The van der Waals surface area contributed by atoms with Crippen LogP contribution in [-0.4, -0.2) is 7.11 Å². The summed E-state index contributed by atoms with van der Waals surface area (Å²) in [6, 6.07) is 6.41. The monoisotopic (exact) mass is 246 g/mol. The lowest BCUT2D eigenvalue weighted by Crippen LogP contribution is -2.16. The minimum Gasteiger partial charge on any atom is -0.496 e. The zero-order valence-electron chi connectivity index (χ0n) is 11.9. The average Bonchev–Trinajstić information content (AvgIpc) is 2.68. The molecule has 0 aromatic heterocycles. The van der Waals surface area contributed by atoms with Crippen LogP contribution in [0.3, 0.4) is 0 Å². The molecule has 0 aliphatic carbocycles. The lowest BCUT2D eigenvalue weighted by atomic mass is 9.83. The molecule has 1 atom stereocenters. The second-order valence-electron chi connectivity index (χ2n) is 5.80. The van der Waals surface area contributed by atoms with Crippen molar-refractivity contribution in [2.45, 2.75) is 39.7 Å². The highest BCUT2D eigenvalue weighted by Gasteiger charge is 2.34. The zero-order chi connectivity index (χ0) is 13.3. The second-order valence-corrected chi connectivity index (χ2v) is 5.80. The van der Waals surface area contributed by atoms with E-state index in [-0.39, 0.29) is 11.5 Å². The molecule has 0 N–H and O–H groups in total. The average molecular weight is 246 g/mol. The van der Waals surface area contributed by atoms with Gasteiger partial charge in [-0.05, 0) is 29.2 Å². The summed E-state index contributed by atoms with van der Waals surface area (Å²) in [5, 5.41) is 0. The van der Waals surface area contributed by atoms with E-state index in [1.54, 1.807) is 13.4 Å². The molecule has 1 heterocycles. The standard InChI is InChI=1S/C16H22O2/c1-11(2)13-7-6-12(10-14(13)17-5)15-16(3,4)8-9-18-15/h6-11,15H,1-5H3. The van der Waals surface area contributed by atoms with Crippen LogP contribution in [0.4, 0.5) is 0 Å². The summed E-state index contributed by atoms with van der Waals surface area (Å²) >= 11 is 0. The van der Waals surface area contributed by atoms with Crippen molar-refractivity contribution in [3.63, 3.8) is 0 Å². The molecule has 0 radical (unpaired) electrons. The topological polar surface area (TPSA) is 18.5 Å². The summed E-state index contributed by atoms with van der Waals surface area (Å²) in [5.74, 6) is 1.42. The second kappa shape index (κ2) is 4.68. The molecule has 0 fully saturated rings. The number of hydrogen-bond acceptors (Lipinski definition) is 2. The Morgan fingerprint density at radius 1 is 1.28 bits per heavy atom. The summed E-state index contributed by atoms with van der Waals surface area (Å²) in [6.45, 7) is 8.72. The predicted molar refractivity (Wildman–Crippen MR) is 73.8 cm³/mol. The van der Waals surface area contributed by atoms with Gasteiger partial charge in [-0.3, -0.25) is 0 Å². The van der Waals surface area contributed by atoms with E-state index < -0.39 is 0 Å². The van der Waals surface area contributed by atoms with Crippen molar-refractivity contribution in [2.24, 2.45) is 5.41 Å². The molecule has 2 heteroatoms. The molecule has 1 aromatic carbocycles. The molecule has 1 unspecified atom stereocenters. The van der Waals surface area contributed by atoms with Crippen LogP contribution in [-0.2, 0) is 4.74 Å². The van der Waals surface area contributed by atoms with Gasteiger partial charge in [0.25, 0.3) is 0 Å². The van der Waals surface area contributed by atoms with Crippen LogP contribution in [0.1, 0.15) is 50.8 Å². The molecule has 1 aliphatic rings. The highest BCUT2D eigenvalue weighted by atomic mass is 16.5. The fourth-order valence-electron chi connectivity index (χ4n) is 2.43. The molecule has 2 nitrogen and oxygen atoms in total. The number of hydrogen-bond donors (Lipinski definition) is 0. The van der Waals surface area contributed by atoms with Crippen molar-refractivity contribution in [1.29, 1.82) is 0 Å². The quantitative estimate of drug-likeness (QED) is 0.785. The van der Waals surface area contributed by atoms with Crippen LogP contribution >= 0.6 is 0 Å². The van der Waals surface area contributed by atoms with Gasteiger partial charge in [0.2, 0.25) is 0 Å². The van der Waals surface area contributed by atoms with E-state index in [9.17, 15) is 0 Å². The number of ether oxygens (including phenoxy) is 2. The Balaban J connectivity index is 2.36. The smallest absolute Gasteiger partial charge is 0.132 e. The zero-order valence-corrected chi connectivity index (χ0v) is 11.9. The minimum atomic E-state index is 0.0321. The van der Waals surface area contributed by atoms with Crippen LogP contribution in [0.25, 0.3) is 0 Å². The minimum absolute atomic E-state index is 0.0321. The van der Waals surface area contributed by atoms with Crippen LogP contribution < -0.4 is 4.74 Å². The SMILES string of the molecule is COc1cc(C2OC=CC2(C)C)ccc1C(C)C. The van der Waals surface area contributed by atoms with Crippen molar-refractivity contribution >= 4 is 0 Å². The molecular weight excluding hydrogens is 224 g/mol. The maximum absolute atomic E-state index is 5.72. The van der Waals surface area contributed by atoms with Gasteiger partial charge < -0.3 is 9.47 Å². The Hall–Kier alpha value is -1.44. The van der Waals surface area contributed by atoms with Gasteiger partial charge in [0.15, 0.2) is 0 Å². The highest BCUT2D eigenvalue weighted by Crippen LogP contribution is 2.43. The van der Waals surface area contributed by atoms with Gasteiger partial charge in [0, 0.05) is 5.41 Å². The highest BCUT2D eigenvalue weighted by molar-refractivity contribution is 5.41. The third kappa shape index (κ3) is 2.24. The van der Waals surface area contributed by atoms with Gasteiger partial charge in [0.1, 0.15) is 11.9 Å². The molecule has 1 aromatic rings. The Labute approximate surface area is 110 Å². The molecule has 0 amide bonds. The summed E-state index contributed by atoms with van der Waals surface area (Å²) < 4.78 is 11.2. The first-order valence-electron chi connectivity index (χ1n) is 6.46. The van der Waals surface area contributed by atoms with Gasteiger partial charge in [-0.25, -0.2) is 0 Å². The molecule has 0 saturated heterocycles. The summed E-state index contributed by atoms with van der Waals surface area (Å²) in [4.78, 5) is 0. The van der Waals surface area contributed by atoms with Crippen molar-refractivity contribution < 1.29 is 9.47 Å². The van der Waals surface area contributed by atoms with Crippen LogP contribution in [0.5, 0.6) is 5.75 Å². The molecule has 0 bridgehead atoms. The number of rotatable bonds is 3. The third-order valence-corrected chi connectivity index (χ3v) is 3.57. The van der Waals surface area contributed by atoms with Crippen molar-refractivity contribution in [3.8, 4) is 5.75 Å². The molecule has 0 spiro atoms. The summed E-state index contributed by atoms with van der Waals surface area (Å²) in [5.41, 5.74) is 2.45. The molecular formula is C16H22O2. The molecule has 1 aliphatic heterocycles. The fraction of sp³-hybridized carbons (Fsp3) is 0.500. The largest absolute Gasteiger partial charge is 0.496 e. The lowest BCUT2D eigenvalue weighted by molar-refractivity contribution is 0.0957. The van der Waals surface area contributed by atoms with Crippen LogP contribution in [0, 0.1) is 5.41 Å². The molecule has 18 heavy (non-hydrogen) atoms.